The number of benzene rings is 3. The first-order chi connectivity index (χ1) is 12.6. The summed E-state index contributed by atoms with van der Waals surface area (Å²) in [6.07, 6.45) is 0. The predicted molar refractivity (Wildman–Crippen MR) is 107 cm³/mol. The number of aryl methyl sites for hydroxylation is 1. The first-order valence-electron chi connectivity index (χ1n) is 8.38. The van der Waals surface area contributed by atoms with Crippen molar-refractivity contribution in [1.82, 2.24) is 0 Å². The molecule has 3 rings (SSSR count). The molecule has 3 aromatic carbocycles. The van der Waals surface area contributed by atoms with E-state index in [1.165, 1.54) is 0 Å². The van der Waals surface area contributed by atoms with Gasteiger partial charge in [-0.3, -0.25) is 0 Å². The van der Waals surface area contributed by atoms with Crippen LogP contribution in [0.3, 0.4) is 0 Å². The Bertz CT molecular complexity index is 913. The van der Waals surface area contributed by atoms with Crippen molar-refractivity contribution in [3.05, 3.63) is 78.4 Å². The number of rotatable bonds is 5. The van der Waals surface area contributed by atoms with Gasteiger partial charge in [0.25, 0.3) is 0 Å². The Morgan fingerprint density at radius 1 is 0.615 bits per heavy atom. The molecule has 0 aliphatic rings. The number of nitrogens with zero attached hydrogens (tertiary/aromatic N) is 5. The Morgan fingerprint density at radius 2 is 1.19 bits per heavy atom. The number of azo groups is 2. The van der Waals surface area contributed by atoms with Crippen molar-refractivity contribution in [1.29, 1.82) is 0 Å². The molecule has 26 heavy (non-hydrogen) atoms. The molecular formula is C21H21N5. The molecule has 0 radical (unpaired) electrons. The fourth-order valence-corrected chi connectivity index (χ4v) is 2.35. The molecule has 5 heteroatoms. The van der Waals surface area contributed by atoms with Crippen molar-refractivity contribution in [3.8, 4) is 0 Å². The molecule has 0 amide bonds. The lowest BCUT2D eigenvalue weighted by Crippen LogP contribution is -2.07. The lowest BCUT2D eigenvalue weighted by atomic mass is 10.2. The standard InChI is InChI=1S/C21H21N5/c1-16-15-19(24-22-18-9-12-20(13-10-18)26(2)3)11-14-21(16)25-23-17-7-5-4-6-8-17/h4-15H,1-3H3/b24-22?,25-23+. The van der Waals surface area contributed by atoms with Crippen LogP contribution in [0.15, 0.2) is 93.3 Å². The molecule has 0 aliphatic heterocycles. The third-order valence-corrected chi connectivity index (χ3v) is 3.86. The summed E-state index contributed by atoms with van der Waals surface area (Å²) in [6.45, 7) is 1.99. The summed E-state index contributed by atoms with van der Waals surface area (Å²) in [5, 5.41) is 17.2. The third kappa shape index (κ3) is 4.60. The van der Waals surface area contributed by atoms with Gasteiger partial charge in [-0.2, -0.15) is 20.5 Å². The SMILES string of the molecule is Cc1cc(N=Nc2ccc(N(C)C)cc2)ccc1/N=N/c1ccccc1. The van der Waals surface area contributed by atoms with Crippen LogP contribution in [0.4, 0.5) is 28.4 Å². The van der Waals surface area contributed by atoms with Crippen LogP contribution in [0.2, 0.25) is 0 Å². The van der Waals surface area contributed by atoms with Gasteiger partial charge in [0.15, 0.2) is 0 Å². The molecule has 0 N–H and O–H groups in total. The van der Waals surface area contributed by atoms with E-state index in [2.05, 4.69) is 20.5 Å². The molecule has 0 saturated carbocycles. The van der Waals surface area contributed by atoms with Crippen LogP contribution in [-0.2, 0) is 0 Å². The zero-order chi connectivity index (χ0) is 18.4. The molecule has 0 aromatic heterocycles. The summed E-state index contributed by atoms with van der Waals surface area (Å²) in [5.74, 6) is 0. The van der Waals surface area contributed by atoms with Gasteiger partial charge in [0, 0.05) is 19.8 Å². The molecule has 5 nitrogen and oxygen atoms in total. The van der Waals surface area contributed by atoms with E-state index in [0.29, 0.717) is 0 Å². The Hall–Kier alpha value is -3.34. The Morgan fingerprint density at radius 3 is 1.85 bits per heavy atom. The van der Waals surface area contributed by atoms with E-state index < -0.39 is 0 Å². The number of hydrogen-bond acceptors (Lipinski definition) is 5. The molecular weight excluding hydrogens is 322 g/mol. The highest BCUT2D eigenvalue weighted by Crippen LogP contribution is 2.27. The number of anilines is 1. The molecule has 0 unspecified atom stereocenters. The maximum Gasteiger partial charge on any atom is 0.0887 e. The number of hydrogen-bond donors (Lipinski definition) is 0. The summed E-state index contributed by atoms with van der Waals surface area (Å²) < 4.78 is 0. The van der Waals surface area contributed by atoms with Crippen LogP contribution in [0.25, 0.3) is 0 Å². The van der Waals surface area contributed by atoms with Crippen molar-refractivity contribution < 1.29 is 0 Å². The highest BCUT2D eigenvalue weighted by molar-refractivity contribution is 5.55. The quantitative estimate of drug-likeness (QED) is 0.465. The van der Waals surface area contributed by atoms with Crippen LogP contribution in [0, 0.1) is 6.92 Å². The minimum absolute atomic E-state index is 0.790. The van der Waals surface area contributed by atoms with E-state index in [-0.39, 0.29) is 0 Å². The van der Waals surface area contributed by atoms with E-state index >= 15 is 0 Å². The Balaban J connectivity index is 1.72. The molecule has 0 fully saturated rings. The fourth-order valence-electron chi connectivity index (χ4n) is 2.35. The fraction of sp³-hybridized carbons (Fsp3) is 0.143. The van der Waals surface area contributed by atoms with Crippen molar-refractivity contribution in [3.63, 3.8) is 0 Å². The van der Waals surface area contributed by atoms with E-state index in [0.717, 1.165) is 34.0 Å². The smallest absolute Gasteiger partial charge is 0.0887 e. The monoisotopic (exact) mass is 343 g/mol. The lowest BCUT2D eigenvalue weighted by Gasteiger charge is -2.11. The van der Waals surface area contributed by atoms with Crippen LogP contribution in [-0.4, -0.2) is 14.1 Å². The van der Waals surface area contributed by atoms with Crippen LogP contribution in [0.5, 0.6) is 0 Å². The summed E-state index contributed by atoms with van der Waals surface area (Å²) in [5.41, 5.74) is 5.40. The predicted octanol–water partition coefficient (Wildman–Crippen LogP) is 6.89. The average molecular weight is 343 g/mol. The van der Waals surface area contributed by atoms with Crippen LogP contribution < -0.4 is 4.90 Å². The third-order valence-electron chi connectivity index (χ3n) is 3.86. The topological polar surface area (TPSA) is 52.7 Å². The zero-order valence-corrected chi connectivity index (χ0v) is 15.2. The second kappa shape index (κ2) is 8.16. The zero-order valence-electron chi connectivity index (χ0n) is 15.2. The largest absolute Gasteiger partial charge is 0.378 e. The van der Waals surface area contributed by atoms with Gasteiger partial charge in [-0.05, 0) is 67.1 Å². The molecule has 0 heterocycles. The lowest BCUT2D eigenvalue weighted by molar-refractivity contribution is 1.13. The summed E-state index contributed by atoms with van der Waals surface area (Å²) in [6, 6.07) is 23.4. The highest BCUT2D eigenvalue weighted by atomic mass is 15.1. The highest BCUT2D eigenvalue weighted by Gasteiger charge is 2.00. The second-order valence-corrected chi connectivity index (χ2v) is 6.12. The molecule has 0 atom stereocenters. The van der Waals surface area contributed by atoms with Gasteiger partial charge in [0.2, 0.25) is 0 Å². The minimum Gasteiger partial charge on any atom is -0.378 e. The first kappa shape index (κ1) is 17.5. The van der Waals surface area contributed by atoms with E-state index in [9.17, 15) is 0 Å². The molecule has 0 saturated heterocycles. The van der Waals surface area contributed by atoms with Gasteiger partial charge in [0.05, 0.1) is 22.7 Å². The van der Waals surface area contributed by atoms with Crippen LogP contribution >= 0.6 is 0 Å². The van der Waals surface area contributed by atoms with Crippen molar-refractivity contribution >= 4 is 28.4 Å². The van der Waals surface area contributed by atoms with Crippen molar-refractivity contribution in [2.45, 2.75) is 6.92 Å². The van der Waals surface area contributed by atoms with Gasteiger partial charge < -0.3 is 4.90 Å². The first-order valence-corrected chi connectivity index (χ1v) is 8.38. The van der Waals surface area contributed by atoms with Gasteiger partial charge in [-0.1, -0.05) is 18.2 Å². The minimum atomic E-state index is 0.790. The molecule has 0 spiro atoms. The van der Waals surface area contributed by atoms with Gasteiger partial charge in [-0.15, -0.1) is 0 Å². The van der Waals surface area contributed by atoms with E-state index in [1.54, 1.807) is 0 Å². The molecule has 130 valence electrons. The second-order valence-electron chi connectivity index (χ2n) is 6.12. The van der Waals surface area contributed by atoms with Crippen molar-refractivity contribution in [2.75, 3.05) is 19.0 Å². The molecule has 0 bridgehead atoms. The van der Waals surface area contributed by atoms with Crippen LogP contribution in [0.1, 0.15) is 5.56 Å². The normalized spacial score (nSPS) is 11.3. The maximum absolute atomic E-state index is 4.31. The summed E-state index contributed by atoms with van der Waals surface area (Å²) >= 11 is 0. The van der Waals surface area contributed by atoms with E-state index in [1.807, 2.05) is 98.7 Å². The van der Waals surface area contributed by atoms with Crippen molar-refractivity contribution in [2.24, 2.45) is 20.5 Å². The van der Waals surface area contributed by atoms with Gasteiger partial charge in [-0.25, -0.2) is 0 Å². The van der Waals surface area contributed by atoms with E-state index in [4.69, 9.17) is 0 Å². The van der Waals surface area contributed by atoms with Gasteiger partial charge in [0.1, 0.15) is 0 Å². The average Bonchev–Trinajstić information content (AvgIpc) is 2.67. The molecule has 3 aromatic rings. The summed E-state index contributed by atoms with van der Waals surface area (Å²) in [7, 11) is 4.02. The Kier molecular flexibility index (Phi) is 5.49. The summed E-state index contributed by atoms with van der Waals surface area (Å²) in [4.78, 5) is 2.05. The maximum atomic E-state index is 4.31. The molecule has 0 aliphatic carbocycles. The van der Waals surface area contributed by atoms with Gasteiger partial charge >= 0.3 is 0 Å². The Labute approximate surface area is 153 Å².